The number of rotatable bonds is 5. The van der Waals surface area contributed by atoms with Crippen LogP contribution in [0.15, 0.2) is 4.90 Å². The lowest BCUT2D eigenvalue weighted by atomic mass is 10.4. The van der Waals surface area contributed by atoms with E-state index in [0.717, 1.165) is 11.3 Å². The Labute approximate surface area is 117 Å². The number of nitrogens with two attached hydrogens (primary N) is 1. The molecule has 19 heavy (non-hydrogen) atoms. The number of anilines is 2. The van der Waals surface area contributed by atoms with E-state index >= 15 is 0 Å². The number of nitrogens with zero attached hydrogens (tertiary/aromatic N) is 1. The monoisotopic (exact) mass is 306 g/mol. The van der Waals surface area contributed by atoms with Crippen LogP contribution in [0.3, 0.4) is 0 Å². The maximum atomic E-state index is 12.1. The Morgan fingerprint density at radius 2 is 2.00 bits per heavy atom. The van der Waals surface area contributed by atoms with E-state index in [1.807, 2.05) is 6.92 Å². The van der Waals surface area contributed by atoms with Crippen LogP contribution in [0.4, 0.5) is 10.7 Å². The highest BCUT2D eigenvalue weighted by atomic mass is 32.2. The number of esters is 1. The minimum absolute atomic E-state index is 0.0194. The molecule has 0 fully saturated rings. The van der Waals surface area contributed by atoms with Crippen molar-refractivity contribution >= 4 is 37.8 Å². The van der Waals surface area contributed by atoms with Crippen LogP contribution in [-0.2, 0) is 14.6 Å². The van der Waals surface area contributed by atoms with Gasteiger partial charge in [-0.05, 0) is 6.92 Å². The van der Waals surface area contributed by atoms with Gasteiger partial charge in [-0.15, -0.1) is 11.3 Å². The Morgan fingerprint density at radius 1 is 1.42 bits per heavy atom. The van der Waals surface area contributed by atoms with Gasteiger partial charge in [-0.25, -0.2) is 13.2 Å². The predicted molar refractivity (Wildman–Crippen MR) is 76.7 cm³/mol. The number of sulfone groups is 1. The van der Waals surface area contributed by atoms with E-state index < -0.39 is 15.8 Å². The van der Waals surface area contributed by atoms with Crippen LogP contribution in [0.2, 0.25) is 0 Å². The zero-order valence-electron chi connectivity index (χ0n) is 11.4. The van der Waals surface area contributed by atoms with Crippen molar-refractivity contribution in [2.45, 2.75) is 18.7 Å². The molecule has 0 unspecified atom stereocenters. The highest BCUT2D eigenvalue weighted by Gasteiger charge is 2.30. The van der Waals surface area contributed by atoms with E-state index in [9.17, 15) is 13.2 Å². The summed E-state index contributed by atoms with van der Waals surface area (Å²) in [6, 6.07) is 0. The number of thiophene rings is 1. The van der Waals surface area contributed by atoms with Crippen LogP contribution in [-0.4, -0.2) is 40.8 Å². The lowest BCUT2D eigenvalue weighted by molar-refractivity contribution is 0.0607. The van der Waals surface area contributed by atoms with E-state index in [1.165, 1.54) is 7.11 Å². The Bertz CT molecular complexity index is 578. The number of hydrogen-bond donors (Lipinski definition) is 1. The largest absolute Gasteiger partial charge is 0.465 e. The summed E-state index contributed by atoms with van der Waals surface area (Å²) in [6.45, 7) is 4.03. The van der Waals surface area contributed by atoms with Gasteiger partial charge in [0.25, 0.3) is 0 Å². The molecule has 0 radical (unpaired) electrons. The average molecular weight is 306 g/mol. The van der Waals surface area contributed by atoms with Crippen molar-refractivity contribution < 1.29 is 17.9 Å². The number of carbonyl (C=O) groups is 1. The molecular formula is C11H18N2O4S2. The lowest BCUT2D eigenvalue weighted by Gasteiger charge is -2.16. The molecule has 2 N–H and O–H groups in total. The first-order valence-corrected chi connectivity index (χ1v) is 8.21. The topological polar surface area (TPSA) is 89.7 Å². The molecule has 0 amide bonds. The van der Waals surface area contributed by atoms with Gasteiger partial charge >= 0.3 is 5.97 Å². The molecule has 0 bridgehead atoms. The summed E-state index contributed by atoms with van der Waals surface area (Å²) < 4.78 is 28.9. The molecule has 1 aromatic rings. The number of nitrogen functional groups attached to an aromatic ring is 1. The fraction of sp³-hybridized carbons (Fsp3) is 0.545. The molecule has 8 heteroatoms. The van der Waals surface area contributed by atoms with E-state index in [0.29, 0.717) is 11.5 Å². The van der Waals surface area contributed by atoms with Gasteiger partial charge in [-0.1, -0.05) is 6.92 Å². The van der Waals surface area contributed by atoms with Crippen molar-refractivity contribution in [1.82, 2.24) is 0 Å². The van der Waals surface area contributed by atoms with Crippen molar-refractivity contribution in [3.63, 3.8) is 0 Å². The van der Waals surface area contributed by atoms with Crippen LogP contribution < -0.4 is 10.6 Å². The van der Waals surface area contributed by atoms with Gasteiger partial charge < -0.3 is 15.4 Å². The van der Waals surface area contributed by atoms with E-state index in [2.05, 4.69) is 4.74 Å². The average Bonchev–Trinajstić information content (AvgIpc) is 2.75. The lowest BCUT2D eigenvalue weighted by Crippen LogP contribution is -2.18. The minimum Gasteiger partial charge on any atom is -0.465 e. The first-order chi connectivity index (χ1) is 8.80. The summed E-state index contributed by atoms with van der Waals surface area (Å²) in [4.78, 5) is 13.5. The third kappa shape index (κ3) is 2.84. The molecule has 0 saturated heterocycles. The summed E-state index contributed by atoms with van der Waals surface area (Å²) >= 11 is 1.04. The van der Waals surface area contributed by atoms with Crippen molar-refractivity contribution in [2.75, 3.05) is 37.1 Å². The van der Waals surface area contributed by atoms with Gasteiger partial charge in [0.1, 0.15) is 14.8 Å². The molecule has 6 nitrogen and oxygen atoms in total. The molecule has 1 rings (SSSR count). The second kappa shape index (κ2) is 5.79. The second-order valence-corrected chi connectivity index (χ2v) is 7.10. The smallest absolute Gasteiger partial charge is 0.350 e. The van der Waals surface area contributed by atoms with Crippen molar-refractivity contribution in [3.8, 4) is 0 Å². The zero-order valence-corrected chi connectivity index (χ0v) is 13.0. The fourth-order valence-corrected chi connectivity index (χ4v) is 4.28. The number of ether oxygens (including phenoxy) is 1. The molecule has 0 atom stereocenters. The summed E-state index contributed by atoms with van der Waals surface area (Å²) in [5.74, 6) is -0.690. The van der Waals surface area contributed by atoms with Crippen molar-refractivity contribution in [3.05, 3.63) is 4.88 Å². The van der Waals surface area contributed by atoms with E-state index in [1.54, 1.807) is 18.9 Å². The maximum absolute atomic E-state index is 12.1. The molecule has 0 spiro atoms. The van der Waals surface area contributed by atoms with Gasteiger partial charge in [0, 0.05) is 13.6 Å². The molecular weight excluding hydrogens is 288 g/mol. The van der Waals surface area contributed by atoms with Crippen LogP contribution in [0, 0.1) is 0 Å². The van der Waals surface area contributed by atoms with Gasteiger partial charge in [-0.3, -0.25) is 0 Å². The molecule has 0 aliphatic rings. The number of carbonyl (C=O) groups excluding carboxylic acids is 1. The fourth-order valence-electron chi connectivity index (χ4n) is 1.50. The molecule has 0 saturated carbocycles. The quantitative estimate of drug-likeness (QED) is 0.826. The number of hydrogen-bond acceptors (Lipinski definition) is 7. The maximum Gasteiger partial charge on any atom is 0.350 e. The SMILES string of the molecule is CCN(C)c1sc(C(=O)OC)c(N)c1S(=O)(=O)CC. The van der Waals surface area contributed by atoms with Crippen LogP contribution in [0.25, 0.3) is 0 Å². The van der Waals surface area contributed by atoms with Gasteiger partial charge in [-0.2, -0.15) is 0 Å². The van der Waals surface area contributed by atoms with Crippen LogP contribution >= 0.6 is 11.3 Å². The van der Waals surface area contributed by atoms with Gasteiger partial charge in [0.05, 0.1) is 18.6 Å². The standard InChI is InChI=1S/C11H18N2O4S2/c1-5-13(3)10-9(19(15,16)6-2)7(12)8(18-10)11(14)17-4/h5-6,12H2,1-4H3. The predicted octanol–water partition coefficient (Wildman–Crippen LogP) is 1.37. The third-order valence-corrected chi connectivity index (χ3v) is 5.99. The highest BCUT2D eigenvalue weighted by molar-refractivity contribution is 7.92. The Balaban J connectivity index is 3.59. The molecule has 0 aliphatic heterocycles. The second-order valence-electron chi connectivity index (χ2n) is 3.89. The summed E-state index contributed by atoms with van der Waals surface area (Å²) in [5, 5.41) is 0.474. The van der Waals surface area contributed by atoms with Crippen molar-refractivity contribution in [2.24, 2.45) is 0 Å². The Hall–Kier alpha value is -1.28. The van der Waals surface area contributed by atoms with Gasteiger partial charge in [0.15, 0.2) is 9.84 Å². The van der Waals surface area contributed by atoms with Gasteiger partial charge in [0.2, 0.25) is 0 Å². The van der Waals surface area contributed by atoms with Crippen LogP contribution in [0.1, 0.15) is 23.5 Å². The van der Waals surface area contributed by atoms with Crippen molar-refractivity contribution in [1.29, 1.82) is 0 Å². The summed E-state index contributed by atoms with van der Waals surface area (Å²) in [5.41, 5.74) is 5.82. The first-order valence-electron chi connectivity index (χ1n) is 5.74. The Kier molecular flexibility index (Phi) is 4.81. The minimum atomic E-state index is -3.50. The zero-order chi connectivity index (χ0) is 14.8. The molecule has 1 aromatic heterocycles. The number of methoxy groups -OCH3 is 1. The normalized spacial score (nSPS) is 11.4. The third-order valence-electron chi connectivity index (χ3n) is 2.77. The Morgan fingerprint density at radius 3 is 2.42 bits per heavy atom. The molecule has 1 heterocycles. The van der Waals surface area contributed by atoms with E-state index in [-0.39, 0.29) is 21.2 Å². The molecule has 0 aliphatic carbocycles. The van der Waals surface area contributed by atoms with E-state index in [4.69, 9.17) is 5.73 Å². The first kappa shape index (κ1) is 15.8. The summed E-state index contributed by atoms with van der Waals surface area (Å²) in [6.07, 6.45) is 0. The molecule has 108 valence electrons. The molecule has 0 aromatic carbocycles. The highest BCUT2D eigenvalue weighted by Crippen LogP contribution is 2.41. The van der Waals surface area contributed by atoms with Crippen LogP contribution in [0.5, 0.6) is 0 Å². The summed E-state index contributed by atoms with van der Waals surface area (Å²) in [7, 11) is -0.514.